The summed E-state index contributed by atoms with van der Waals surface area (Å²) in [5.74, 6) is 0. The molecule has 12 aromatic rings. The first kappa shape index (κ1) is 30.5. The quantitative estimate of drug-likeness (QED) is 0.178. The van der Waals surface area contributed by atoms with Gasteiger partial charge in [-0.2, -0.15) is 0 Å². The van der Waals surface area contributed by atoms with Crippen molar-refractivity contribution in [1.29, 1.82) is 0 Å². The van der Waals surface area contributed by atoms with Gasteiger partial charge in [-0.25, -0.2) is 0 Å². The molecular formula is C51H31N3S. The Morgan fingerprint density at radius 1 is 0.345 bits per heavy atom. The smallest absolute Gasteiger partial charge is 0.0715 e. The highest BCUT2D eigenvalue weighted by molar-refractivity contribution is 7.26. The van der Waals surface area contributed by atoms with Gasteiger partial charge in [-0.1, -0.05) is 121 Å². The highest BCUT2D eigenvalue weighted by atomic mass is 32.1. The number of benzene rings is 8. The van der Waals surface area contributed by atoms with Gasteiger partial charge in [0.2, 0.25) is 0 Å². The molecule has 4 heteroatoms. The van der Waals surface area contributed by atoms with Crippen LogP contribution in [0.5, 0.6) is 0 Å². The summed E-state index contributed by atoms with van der Waals surface area (Å²) in [5.41, 5.74) is 12.7. The average molecular weight is 718 g/mol. The number of rotatable bonds is 4. The summed E-state index contributed by atoms with van der Waals surface area (Å²) in [6.45, 7) is 0. The van der Waals surface area contributed by atoms with E-state index in [2.05, 4.69) is 191 Å². The van der Waals surface area contributed by atoms with Crippen molar-refractivity contribution in [3.63, 3.8) is 0 Å². The standard InChI is InChI=1S/C51H31N3S/c1-6-19-45-38(14-1)39-15-2-7-20-46(39)53(45)36-27-35(28-37(30-36)54-47-21-8-3-16-40(47)41-17-4-9-22-48(41)54)33-13-11-12-32(26-33)34-24-25-42-44(29-34)52-31-50-51(42)43-18-5-10-23-49(43)55-50/h1-31H. The number of fused-ring (bicyclic) bond motifs is 11. The fraction of sp³-hybridized carbons (Fsp3) is 0. The van der Waals surface area contributed by atoms with E-state index >= 15 is 0 Å². The Morgan fingerprint density at radius 3 is 1.42 bits per heavy atom. The van der Waals surface area contributed by atoms with Gasteiger partial charge in [0.15, 0.2) is 0 Å². The van der Waals surface area contributed by atoms with E-state index in [-0.39, 0.29) is 0 Å². The lowest BCUT2D eigenvalue weighted by Gasteiger charge is -2.16. The van der Waals surface area contributed by atoms with Crippen LogP contribution in [0.2, 0.25) is 0 Å². The SMILES string of the molecule is c1cc(-c2cc(-n3c4ccccc4c4ccccc43)cc(-n3c4ccccc4c4ccccc43)c2)cc(-c2ccc3c(c2)ncc2sc4ccccc4c23)c1. The highest BCUT2D eigenvalue weighted by Gasteiger charge is 2.18. The minimum atomic E-state index is 1.01. The van der Waals surface area contributed by atoms with Crippen LogP contribution in [0.4, 0.5) is 0 Å². The maximum atomic E-state index is 4.96. The van der Waals surface area contributed by atoms with Crippen molar-refractivity contribution in [2.45, 2.75) is 0 Å². The maximum absolute atomic E-state index is 4.96. The molecule has 0 saturated heterocycles. The Kier molecular flexibility index (Phi) is 6.50. The average Bonchev–Trinajstić information content (AvgIpc) is 3.91. The van der Waals surface area contributed by atoms with Gasteiger partial charge in [-0.05, 0) is 82.9 Å². The lowest BCUT2D eigenvalue weighted by molar-refractivity contribution is 1.13. The summed E-state index contributed by atoms with van der Waals surface area (Å²) in [7, 11) is 0. The molecule has 0 N–H and O–H groups in total. The Hall–Kier alpha value is -7.01. The normalized spacial score (nSPS) is 12.0. The Balaban J connectivity index is 1.08. The zero-order valence-corrected chi connectivity index (χ0v) is 30.5. The van der Waals surface area contributed by atoms with E-state index in [1.807, 2.05) is 17.5 Å². The van der Waals surface area contributed by atoms with Crippen molar-refractivity contribution in [2.75, 3.05) is 0 Å². The molecule has 4 heterocycles. The predicted molar refractivity (Wildman–Crippen MR) is 234 cm³/mol. The zero-order chi connectivity index (χ0) is 36.0. The molecule has 0 radical (unpaired) electrons. The summed E-state index contributed by atoms with van der Waals surface area (Å²) in [5, 5.41) is 8.80. The summed E-state index contributed by atoms with van der Waals surface area (Å²) in [6, 6.07) is 66.5. The van der Waals surface area contributed by atoms with E-state index in [0.717, 1.165) is 39.1 Å². The second kappa shape index (κ2) is 11.7. The van der Waals surface area contributed by atoms with Crippen LogP contribution in [-0.2, 0) is 0 Å². The number of pyridine rings is 1. The van der Waals surface area contributed by atoms with E-state index in [4.69, 9.17) is 4.98 Å². The lowest BCUT2D eigenvalue weighted by Crippen LogP contribution is -2.00. The second-order valence-electron chi connectivity index (χ2n) is 14.4. The summed E-state index contributed by atoms with van der Waals surface area (Å²) in [6.07, 6.45) is 2.04. The molecule has 0 bridgehead atoms. The molecule has 0 amide bonds. The molecule has 0 aliphatic carbocycles. The maximum Gasteiger partial charge on any atom is 0.0715 e. The Bertz CT molecular complexity index is 3270. The van der Waals surface area contributed by atoms with Crippen LogP contribution in [0.25, 0.3) is 108 Å². The van der Waals surface area contributed by atoms with Gasteiger partial charge < -0.3 is 9.13 Å². The van der Waals surface area contributed by atoms with Crippen molar-refractivity contribution in [1.82, 2.24) is 14.1 Å². The zero-order valence-electron chi connectivity index (χ0n) is 29.6. The van der Waals surface area contributed by atoms with Gasteiger partial charge in [0, 0.05) is 60.0 Å². The molecule has 4 aromatic heterocycles. The number of nitrogens with zero attached hydrogens (tertiary/aromatic N) is 3. The van der Waals surface area contributed by atoms with Gasteiger partial charge in [0.25, 0.3) is 0 Å². The fourth-order valence-electron chi connectivity index (χ4n) is 8.89. The van der Waals surface area contributed by atoms with Crippen LogP contribution in [0.15, 0.2) is 188 Å². The van der Waals surface area contributed by atoms with Gasteiger partial charge in [-0.15, -0.1) is 11.3 Å². The summed E-state index contributed by atoms with van der Waals surface area (Å²) in [4.78, 5) is 4.96. The first-order chi connectivity index (χ1) is 27.3. The lowest BCUT2D eigenvalue weighted by atomic mass is 9.97. The molecule has 8 aromatic carbocycles. The Morgan fingerprint density at radius 2 is 0.836 bits per heavy atom. The van der Waals surface area contributed by atoms with E-state index in [0.29, 0.717) is 0 Å². The third-order valence-corrected chi connectivity index (χ3v) is 12.4. The third-order valence-electron chi connectivity index (χ3n) is 11.3. The van der Waals surface area contributed by atoms with Crippen LogP contribution in [0.3, 0.4) is 0 Å². The molecule has 0 atom stereocenters. The molecule has 256 valence electrons. The first-order valence-electron chi connectivity index (χ1n) is 18.7. The van der Waals surface area contributed by atoms with E-state index < -0.39 is 0 Å². The molecule has 12 rings (SSSR count). The van der Waals surface area contributed by atoms with Gasteiger partial charge >= 0.3 is 0 Å². The Labute approximate surface area is 320 Å². The van der Waals surface area contributed by atoms with Crippen molar-refractivity contribution in [3.8, 4) is 33.6 Å². The van der Waals surface area contributed by atoms with Crippen molar-refractivity contribution in [3.05, 3.63) is 188 Å². The summed E-state index contributed by atoms with van der Waals surface area (Å²) >= 11 is 1.81. The van der Waals surface area contributed by atoms with Crippen LogP contribution < -0.4 is 0 Å². The van der Waals surface area contributed by atoms with Crippen LogP contribution >= 0.6 is 11.3 Å². The molecular weight excluding hydrogens is 687 g/mol. The number of hydrogen-bond acceptors (Lipinski definition) is 2. The first-order valence-corrected chi connectivity index (χ1v) is 19.5. The van der Waals surface area contributed by atoms with Gasteiger partial charge in [-0.3, -0.25) is 4.98 Å². The van der Waals surface area contributed by atoms with Crippen LogP contribution in [0, 0.1) is 0 Å². The van der Waals surface area contributed by atoms with Crippen LogP contribution in [0.1, 0.15) is 0 Å². The van der Waals surface area contributed by atoms with E-state index in [9.17, 15) is 0 Å². The molecule has 0 saturated carbocycles. The highest BCUT2D eigenvalue weighted by Crippen LogP contribution is 2.41. The molecule has 55 heavy (non-hydrogen) atoms. The molecule has 0 fully saturated rings. The minimum absolute atomic E-state index is 1.01. The molecule has 0 aliphatic rings. The van der Waals surface area contributed by atoms with Crippen molar-refractivity contribution < 1.29 is 0 Å². The largest absolute Gasteiger partial charge is 0.309 e. The molecule has 0 aliphatic heterocycles. The number of hydrogen-bond donors (Lipinski definition) is 0. The second-order valence-corrected chi connectivity index (χ2v) is 15.5. The summed E-state index contributed by atoms with van der Waals surface area (Å²) < 4.78 is 7.39. The van der Waals surface area contributed by atoms with E-state index in [1.54, 1.807) is 0 Å². The van der Waals surface area contributed by atoms with Crippen molar-refractivity contribution >= 4 is 86.0 Å². The van der Waals surface area contributed by atoms with Crippen molar-refractivity contribution in [2.24, 2.45) is 0 Å². The molecule has 0 spiro atoms. The van der Waals surface area contributed by atoms with Gasteiger partial charge in [0.05, 0.1) is 32.3 Å². The fourth-order valence-corrected chi connectivity index (χ4v) is 9.98. The number of aromatic nitrogens is 3. The molecule has 0 unspecified atom stereocenters. The number of thiophene rings is 1. The minimum Gasteiger partial charge on any atom is -0.309 e. The van der Waals surface area contributed by atoms with Crippen LogP contribution in [-0.4, -0.2) is 14.1 Å². The monoisotopic (exact) mass is 717 g/mol. The third kappa shape index (κ3) is 4.59. The number of para-hydroxylation sites is 4. The van der Waals surface area contributed by atoms with Gasteiger partial charge in [0.1, 0.15) is 0 Å². The predicted octanol–water partition coefficient (Wildman–Crippen LogP) is 14.1. The molecule has 3 nitrogen and oxygen atoms in total. The topological polar surface area (TPSA) is 22.8 Å². The van der Waals surface area contributed by atoms with E-state index in [1.165, 1.54) is 69.2 Å².